The van der Waals surface area contributed by atoms with Crippen molar-refractivity contribution in [1.29, 1.82) is 0 Å². The zero-order valence-electron chi connectivity index (χ0n) is 19.4. The Bertz CT molecular complexity index is 868. The molecule has 2 aromatic rings. The quantitative estimate of drug-likeness (QED) is 0.205. The molecule has 1 aliphatic heterocycles. The van der Waals surface area contributed by atoms with Gasteiger partial charge in [0.25, 0.3) is 0 Å². The summed E-state index contributed by atoms with van der Waals surface area (Å²) in [5, 5.41) is 15.1. The fourth-order valence-corrected chi connectivity index (χ4v) is 3.65. The van der Waals surface area contributed by atoms with Crippen LogP contribution in [0.1, 0.15) is 43.4 Å². The summed E-state index contributed by atoms with van der Waals surface area (Å²) >= 11 is 0. The molecule has 1 saturated heterocycles. The molecule has 2 heterocycles. The number of likely N-dealkylation sites (tertiary alicyclic amines) is 1. The van der Waals surface area contributed by atoms with Crippen LogP contribution in [0.2, 0.25) is 0 Å². The summed E-state index contributed by atoms with van der Waals surface area (Å²) in [4.78, 5) is 19.1. The van der Waals surface area contributed by atoms with Crippen LogP contribution >= 0.6 is 24.0 Å². The topological polar surface area (TPSA) is 87.4 Å². The number of aromatic nitrogens is 3. The summed E-state index contributed by atoms with van der Waals surface area (Å²) in [6.45, 7) is 7.73. The first kappa shape index (κ1) is 26.1. The third-order valence-corrected chi connectivity index (χ3v) is 5.75. The Morgan fingerprint density at radius 1 is 1.22 bits per heavy atom. The Balaban J connectivity index is 0.00000363. The van der Waals surface area contributed by atoms with E-state index in [9.17, 15) is 4.79 Å². The van der Waals surface area contributed by atoms with Crippen LogP contribution in [0.3, 0.4) is 0 Å². The van der Waals surface area contributed by atoms with E-state index >= 15 is 0 Å². The predicted octanol–water partition coefficient (Wildman–Crippen LogP) is 2.67. The van der Waals surface area contributed by atoms with Gasteiger partial charge in [-0.2, -0.15) is 0 Å². The number of aliphatic imine (C=N–C) groups is 1. The van der Waals surface area contributed by atoms with Gasteiger partial charge in [0.05, 0.1) is 0 Å². The van der Waals surface area contributed by atoms with Crippen LogP contribution in [0.25, 0.3) is 0 Å². The molecule has 9 heteroatoms. The molecular formula is C23H36IN7O. The van der Waals surface area contributed by atoms with Gasteiger partial charge in [0.2, 0.25) is 5.91 Å². The van der Waals surface area contributed by atoms with E-state index in [1.807, 2.05) is 41.6 Å². The maximum absolute atomic E-state index is 12.4. The number of rotatable bonds is 10. The molecule has 1 aromatic carbocycles. The summed E-state index contributed by atoms with van der Waals surface area (Å²) in [6, 6.07) is 10.3. The van der Waals surface area contributed by atoms with Gasteiger partial charge in [-0.15, -0.1) is 34.2 Å². The zero-order valence-corrected chi connectivity index (χ0v) is 21.7. The van der Waals surface area contributed by atoms with E-state index in [4.69, 9.17) is 0 Å². The second-order valence-corrected chi connectivity index (χ2v) is 8.19. The van der Waals surface area contributed by atoms with Crippen molar-refractivity contribution >= 4 is 35.8 Å². The van der Waals surface area contributed by atoms with Gasteiger partial charge in [-0.3, -0.25) is 4.79 Å². The monoisotopic (exact) mass is 553 g/mol. The van der Waals surface area contributed by atoms with E-state index in [0.29, 0.717) is 18.9 Å². The highest BCUT2D eigenvalue weighted by Crippen LogP contribution is 2.17. The molecule has 0 bridgehead atoms. The SMILES string of the molecule is CCCCNC(=NCc1nnc(C)n1C)NCC1CC(=O)N(CCc2ccccc2)C1.I. The van der Waals surface area contributed by atoms with Crippen LogP contribution in [0.15, 0.2) is 35.3 Å². The van der Waals surface area contributed by atoms with Crippen molar-refractivity contribution in [3.63, 3.8) is 0 Å². The summed E-state index contributed by atoms with van der Waals surface area (Å²) in [7, 11) is 1.95. The van der Waals surface area contributed by atoms with E-state index in [2.05, 4.69) is 44.9 Å². The molecule has 1 unspecified atom stereocenters. The van der Waals surface area contributed by atoms with Gasteiger partial charge >= 0.3 is 0 Å². The molecule has 32 heavy (non-hydrogen) atoms. The van der Waals surface area contributed by atoms with Gasteiger partial charge in [0, 0.05) is 45.6 Å². The second kappa shape index (κ2) is 13.4. The molecular weight excluding hydrogens is 517 g/mol. The number of carbonyl (C=O) groups is 1. The number of nitrogens with zero attached hydrogens (tertiary/aromatic N) is 5. The highest BCUT2D eigenvalue weighted by Gasteiger charge is 2.29. The second-order valence-electron chi connectivity index (χ2n) is 8.19. The third-order valence-electron chi connectivity index (χ3n) is 5.75. The van der Waals surface area contributed by atoms with E-state index in [-0.39, 0.29) is 29.9 Å². The number of nitrogens with one attached hydrogen (secondary N) is 2. The molecule has 1 atom stereocenters. The molecule has 8 nitrogen and oxygen atoms in total. The van der Waals surface area contributed by atoms with Crippen molar-refractivity contribution in [2.45, 2.75) is 46.1 Å². The van der Waals surface area contributed by atoms with Gasteiger partial charge < -0.3 is 20.1 Å². The number of benzene rings is 1. The number of unbranched alkanes of at least 4 members (excludes halogenated alkanes) is 1. The van der Waals surface area contributed by atoms with Crippen LogP contribution in [-0.4, -0.2) is 57.7 Å². The fourth-order valence-electron chi connectivity index (χ4n) is 3.65. The Morgan fingerprint density at radius 3 is 2.69 bits per heavy atom. The summed E-state index contributed by atoms with van der Waals surface area (Å²) in [5.74, 6) is 3.01. The van der Waals surface area contributed by atoms with E-state index < -0.39 is 0 Å². The predicted molar refractivity (Wildman–Crippen MR) is 138 cm³/mol. The lowest BCUT2D eigenvalue weighted by Crippen LogP contribution is -2.41. The van der Waals surface area contributed by atoms with Gasteiger partial charge in [0.1, 0.15) is 12.4 Å². The first-order chi connectivity index (χ1) is 15.1. The zero-order chi connectivity index (χ0) is 22.1. The van der Waals surface area contributed by atoms with Crippen LogP contribution in [0.4, 0.5) is 0 Å². The molecule has 0 radical (unpaired) electrons. The molecule has 1 amide bonds. The van der Waals surface area contributed by atoms with Gasteiger partial charge in [-0.25, -0.2) is 4.99 Å². The smallest absolute Gasteiger partial charge is 0.223 e. The average molecular weight is 553 g/mol. The third kappa shape index (κ3) is 7.75. The summed E-state index contributed by atoms with van der Waals surface area (Å²) < 4.78 is 1.95. The van der Waals surface area contributed by atoms with Crippen LogP contribution in [0.5, 0.6) is 0 Å². The number of hydrogen-bond acceptors (Lipinski definition) is 4. The van der Waals surface area contributed by atoms with Crippen LogP contribution in [0, 0.1) is 12.8 Å². The van der Waals surface area contributed by atoms with E-state index in [1.54, 1.807) is 0 Å². The minimum Gasteiger partial charge on any atom is -0.356 e. The Hall–Kier alpha value is -2.17. The van der Waals surface area contributed by atoms with Crippen molar-refractivity contribution in [2.24, 2.45) is 18.0 Å². The van der Waals surface area contributed by atoms with Crippen molar-refractivity contribution in [3.8, 4) is 0 Å². The lowest BCUT2D eigenvalue weighted by molar-refractivity contribution is -0.127. The molecule has 1 aromatic heterocycles. The fraction of sp³-hybridized carbons (Fsp3) is 0.565. The molecule has 0 saturated carbocycles. The summed E-state index contributed by atoms with van der Waals surface area (Å²) in [5.41, 5.74) is 1.27. The van der Waals surface area contributed by atoms with Gasteiger partial charge in [0.15, 0.2) is 11.8 Å². The molecule has 2 N–H and O–H groups in total. The van der Waals surface area contributed by atoms with E-state index in [1.165, 1.54) is 5.56 Å². The van der Waals surface area contributed by atoms with Gasteiger partial charge in [-0.05, 0) is 25.3 Å². The Kier molecular flexibility index (Phi) is 10.9. The highest BCUT2D eigenvalue weighted by atomic mass is 127. The molecule has 0 aliphatic carbocycles. The molecule has 176 valence electrons. The number of amides is 1. The van der Waals surface area contributed by atoms with Crippen molar-refractivity contribution < 1.29 is 4.79 Å². The molecule has 1 aliphatic rings. The maximum atomic E-state index is 12.4. The molecule has 3 rings (SSSR count). The highest BCUT2D eigenvalue weighted by molar-refractivity contribution is 14.0. The minimum atomic E-state index is 0. The lowest BCUT2D eigenvalue weighted by Gasteiger charge is -2.18. The number of guanidine groups is 1. The first-order valence-corrected chi connectivity index (χ1v) is 11.3. The summed E-state index contributed by atoms with van der Waals surface area (Å²) in [6.07, 6.45) is 3.69. The van der Waals surface area contributed by atoms with Gasteiger partial charge in [-0.1, -0.05) is 43.7 Å². The lowest BCUT2D eigenvalue weighted by atomic mass is 10.1. The standard InChI is InChI=1S/C23H35N7O.HI/c1-4-5-12-24-23(26-16-21-28-27-18(2)29(21)3)25-15-20-14-22(31)30(17-20)13-11-19-9-7-6-8-10-19;/h6-10,20H,4-5,11-17H2,1-3H3,(H2,24,25,26);1H. The molecule has 1 fully saturated rings. The minimum absolute atomic E-state index is 0. The largest absolute Gasteiger partial charge is 0.356 e. The van der Waals surface area contributed by atoms with Crippen LogP contribution in [-0.2, 0) is 24.8 Å². The van der Waals surface area contributed by atoms with Crippen molar-refractivity contribution in [1.82, 2.24) is 30.3 Å². The number of hydrogen-bond donors (Lipinski definition) is 2. The van der Waals surface area contributed by atoms with E-state index in [0.717, 1.165) is 63.0 Å². The molecule has 0 spiro atoms. The van der Waals surface area contributed by atoms with Crippen molar-refractivity contribution in [2.75, 3.05) is 26.2 Å². The van der Waals surface area contributed by atoms with Crippen LogP contribution < -0.4 is 10.6 Å². The average Bonchev–Trinajstić information content (AvgIpc) is 3.30. The maximum Gasteiger partial charge on any atom is 0.223 e. The Morgan fingerprint density at radius 2 is 2.00 bits per heavy atom. The number of aryl methyl sites for hydroxylation is 1. The Labute approximate surface area is 208 Å². The number of carbonyl (C=O) groups excluding carboxylic acids is 1. The van der Waals surface area contributed by atoms with Crippen molar-refractivity contribution in [3.05, 3.63) is 47.5 Å². The normalized spacial score (nSPS) is 16.2. The first-order valence-electron chi connectivity index (χ1n) is 11.3. The number of halogens is 1.